The molecule has 3 aliphatic rings. The smallest absolute Gasteiger partial charge is 0.319 e. The minimum Gasteiger partial charge on any atom is -0.457 e. The van der Waals surface area contributed by atoms with Crippen molar-refractivity contribution in [3.05, 3.63) is 12.2 Å². The van der Waals surface area contributed by atoms with Crippen LogP contribution in [0.1, 0.15) is 46.0 Å². The van der Waals surface area contributed by atoms with Gasteiger partial charge in [0.1, 0.15) is 16.8 Å². The molecule has 0 aromatic rings. The average molecular weight is 278 g/mol. The number of ether oxygens (including phenoxy) is 1. The van der Waals surface area contributed by atoms with E-state index >= 15 is 0 Å². The lowest BCUT2D eigenvalue weighted by Gasteiger charge is -2.55. The standard InChI is InChI=1S/C16H22O4/c1-3-11-12(17)9-16(14(19)20-15(11,16)2)13(18)10-7-5-4-6-8-10/h5,7,10-11,13,18H,3-4,6,8-9H2,1-2H3/t10-,11+,13+,15+,16-/m1/s1. The van der Waals surface area contributed by atoms with Crippen molar-refractivity contribution in [2.75, 3.05) is 0 Å². The predicted molar refractivity (Wildman–Crippen MR) is 72.8 cm³/mol. The molecule has 0 aromatic carbocycles. The van der Waals surface area contributed by atoms with Gasteiger partial charge in [0.15, 0.2) is 0 Å². The SMILES string of the molecule is CC[C@H]1C(=O)C[C@@]2([C@@H](O)[C@@H]3C=CCCC3)C(=O)O[C@@]12C. The highest BCUT2D eigenvalue weighted by atomic mass is 16.6. The van der Waals surface area contributed by atoms with Crippen molar-refractivity contribution in [1.29, 1.82) is 0 Å². The van der Waals surface area contributed by atoms with Gasteiger partial charge < -0.3 is 9.84 Å². The molecule has 0 radical (unpaired) electrons. The molecule has 0 aromatic heterocycles. The Hall–Kier alpha value is -1.16. The molecule has 1 aliphatic heterocycles. The molecule has 0 amide bonds. The molecule has 2 aliphatic carbocycles. The molecule has 0 bridgehead atoms. The van der Waals surface area contributed by atoms with Gasteiger partial charge in [0, 0.05) is 12.3 Å². The molecule has 1 saturated heterocycles. The summed E-state index contributed by atoms with van der Waals surface area (Å²) in [5, 5.41) is 10.8. The molecule has 4 heteroatoms. The lowest BCUT2D eigenvalue weighted by atomic mass is 9.60. The maximum Gasteiger partial charge on any atom is 0.319 e. The maximum atomic E-state index is 12.2. The summed E-state index contributed by atoms with van der Waals surface area (Å²) in [5.74, 6) is -0.655. The van der Waals surface area contributed by atoms with Crippen molar-refractivity contribution in [1.82, 2.24) is 0 Å². The van der Waals surface area contributed by atoms with E-state index in [2.05, 4.69) is 6.08 Å². The van der Waals surface area contributed by atoms with Crippen LogP contribution in [-0.2, 0) is 14.3 Å². The van der Waals surface area contributed by atoms with Crippen LogP contribution in [0, 0.1) is 17.3 Å². The van der Waals surface area contributed by atoms with Gasteiger partial charge >= 0.3 is 5.97 Å². The molecule has 0 spiro atoms. The Morgan fingerprint density at radius 3 is 2.80 bits per heavy atom. The van der Waals surface area contributed by atoms with Crippen LogP contribution in [0.25, 0.3) is 0 Å². The number of esters is 1. The highest BCUT2D eigenvalue weighted by molar-refractivity contribution is 6.00. The fourth-order valence-corrected chi connectivity index (χ4v) is 4.47. The quantitative estimate of drug-likeness (QED) is 0.633. The van der Waals surface area contributed by atoms with E-state index in [4.69, 9.17) is 4.74 Å². The first kappa shape index (κ1) is 13.8. The van der Waals surface area contributed by atoms with Gasteiger partial charge in [0.2, 0.25) is 0 Å². The summed E-state index contributed by atoms with van der Waals surface area (Å²) in [6.45, 7) is 3.76. The van der Waals surface area contributed by atoms with Crippen molar-refractivity contribution in [3.63, 3.8) is 0 Å². The molecule has 1 saturated carbocycles. The second-order valence-corrected chi connectivity index (χ2v) is 6.54. The third kappa shape index (κ3) is 1.46. The summed E-state index contributed by atoms with van der Waals surface area (Å²) < 4.78 is 5.40. The van der Waals surface area contributed by atoms with Crippen LogP contribution in [0.15, 0.2) is 12.2 Å². The normalized spacial score (nSPS) is 44.8. The number of Topliss-reactive ketones (excluding diaryl/α,β-unsaturated/α-hetero) is 1. The largest absolute Gasteiger partial charge is 0.457 e. The fraction of sp³-hybridized carbons (Fsp3) is 0.750. The number of carbonyl (C=O) groups is 2. The number of aliphatic hydroxyl groups is 1. The van der Waals surface area contributed by atoms with E-state index in [-0.39, 0.29) is 24.0 Å². The van der Waals surface area contributed by atoms with Gasteiger partial charge in [-0.05, 0) is 32.6 Å². The highest BCUT2D eigenvalue weighted by Crippen LogP contribution is 2.62. The summed E-state index contributed by atoms with van der Waals surface area (Å²) in [6.07, 6.45) is 6.94. The minimum atomic E-state index is -1.02. The number of rotatable bonds is 3. The molecule has 20 heavy (non-hydrogen) atoms. The lowest BCUT2D eigenvalue weighted by Crippen LogP contribution is -2.70. The Morgan fingerprint density at radius 2 is 2.25 bits per heavy atom. The number of hydrogen-bond donors (Lipinski definition) is 1. The summed E-state index contributed by atoms with van der Waals surface area (Å²) in [6, 6.07) is 0. The number of aliphatic hydroxyl groups excluding tert-OH is 1. The predicted octanol–water partition coefficient (Wildman–Crippen LogP) is 2.00. The van der Waals surface area contributed by atoms with Gasteiger partial charge in [-0.3, -0.25) is 9.59 Å². The van der Waals surface area contributed by atoms with E-state index < -0.39 is 23.1 Å². The first-order chi connectivity index (χ1) is 9.47. The molecule has 1 heterocycles. The summed E-state index contributed by atoms with van der Waals surface area (Å²) in [4.78, 5) is 24.4. The van der Waals surface area contributed by atoms with Gasteiger partial charge in [-0.1, -0.05) is 19.1 Å². The molecule has 0 unspecified atom stereocenters. The first-order valence-corrected chi connectivity index (χ1v) is 7.58. The monoisotopic (exact) mass is 278 g/mol. The second kappa shape index (κ2) is 4.42. The zero-order chi connectivity index (χ0) is 14.5. The van der Waals surface area contributed by atoms with Crippen LogP contribution in [0.3, 0.4) is 0 Å². The Balaban J connectivity index is 1.97. The topological polar surface area (TPSA) is 63.6 Å². The van der Waals surface area contributed by atoms with Crippen molar-refractivity contribution in [2.24, 2.45) is 17.3 Å². The number of hydrogen-bond acceptors (Lipinski definition) is 4. The van der Waals surface area contributed by atoms with Crippen molar-refractivity contribution >= 4 is 11.8 Å². The van der Waals surface area contributed by atoms with Crippen LogP contribution in [0.2, 0.25) is 0 Å². The van der Waals surface area contributed by atoms with Crippen molar-refractivity contribution in [3.8, 4) is 0 Å². The number of fused-ring (bicyclic) bond motifs is 1. The van der Waals surface area contributed by atoms with Crippen LogP contribution in [0.5, 0.6) is 0 Å². The zero-order valence-corrected chi connectivity index (χ0v) is 12.1. The number of ketones is 1. The third-order valence-electron chi connectivity index (χ3n) is 5.67. The molecule has 1 N–H and O–H groups in total. The van der Waals surface area contributed by atoms with Gasteiger partial charge in [-0.2, -0.15) is 0 Å². The van der Waals surface area contributed by atoms with Gasteiger partial charge in [0.25, 0.3) is 0 Å². The van der Waals surface area contributed by atoms with Crippen LogP contribution in [0.4, 0.5) is 0 Å². The van der Waals surface area contributed by atoms with E-state index in [9.17, 15) is 14.7 Å². The van der Waals surface area contributed by atoms with Gasteiger partial charge in [0.05, 0.1) is 12.0 Å². The molecule has 3 rings (SSSR count). The Labute approximate surface area is 119 Å². The Morgan fingerprint density at radius 1 is 1.50 bits per heavy atom. The molecule has 110 valence electrons. The summed E-state index contributed by atoms with van der Waals surface area (Å²) in [7, 11) is 0. The first-order valence-electron chi connectivity index (χ1n) is 7.58. The van der Waals surface area contributed by atoms with E-state index in [1.54, 1.807) is 0 Å². The molecule has 2 fully saturated rings. The highest BCUT2D eigenvalue weighted by Gasteiger charge is 2.78. The van der Waals surface area contributed by atoms with E-state index in [1.807, 2.05) is 19.9 Å². The summed E-state index contributed by atoms with van der Waals surface area (Å²) in [5.41, 5.74) is -1.84. The molecular weight excluding hydrogens is 256 g/mol. The van der Waals surface area contributed by atoms with Gasteiger partial charge in [-0.25, -0.2) is 0 Å². The average Bonchev–Trinajstić information content (AvgIpc) is 2.62. The van der Waals surface area contributed by atoms with Crippen molar-refractivity contribution < 1.29 is 19.4 Å². The van der Waals surface area contributed by atoms with E-state index in [0.29, 0.717) is 6.42 Å². The zero-order valence-electron chi connectivity index (χ0n) is 12.1. The van der Waals surface area contributed by atoms with E-state index in [0.717, 1.165) is 19.3 Å². The van der Waals surface area contributed by atoms with Crippen LogP contribution >= 0.6 is 0 Å². The second-order valence-electron chi connectivity index (χ2n) is 6.54. The maximum absolute atomic E-state index is 12.2. The van der Waals surface area contributed by atoms with Crippen LogP contribution in [-0.4, -0.2) is 28.6 Å². The van der Waals surface area contributed by atoms with E-state index in [1.165, 1.54) is 0 Å². The van der Waals surface area contributed by atoms with Crippen molar-refractivity contribution in [2.45, 2.75) is 57.7 Å². The number of carbonyl (C=O) groups excluding carboxylic acids is 2. The molecular formula is C16H22O4. The fourth-order valence-electron chi connectivity index (χ4n) is 4.47. The lowest BCUT2D eigenvalue weighted by molar-refractivity contribution is -0.262. The summed E-state index contributed by atoms with van der Waals surface area (Å²) >= 11 is 0. The molecule has 5 atom stereocenters. The molecule has 4 nitrogen and oxygen atoms in total. The number of allylic oxidation sites excluding steroid dienone is 1. The minimum absolute atomic E-state index is 0.0423. The Bertz CT molecular complexity index is 483. The van der Waals surface area contributed by atoms with Crippen LogP contribution < -0.4 is 0 Å². The third-order valence-corrected chi connectivity index (χ3v) is 5.67. The Kier molecular flexibility index (Phi) is 3.05. The van der Waals surface area contributed by atoms with Gasteiger partial charge in [-0.15, -0.1) is 0 Å².